The van der Waals surface area contributed by atoms with Crippen molar-refractivity contribution < 1.29 is 17.9 Å². The fraction of sp³-hybridized carbons (Fsp3) is 0.143. The Morgan fingerprint density at radius 2 is 2.19 bits per heavy atom. The van der Waals surface area contributed by atoms with E-state index in [1.807, 2.05) is 22.6 Å². The molecule has 0 aromatic heterocycles. The molecule has 21 heavy (non-hydrogen) atoms. The third-order valence-electron chi connectivity index (χ3n) is 2.50. The molecule has 3 N–H and O–H groups in total. The number of rotatable bonds is 6. The first-order valence-corrected chi connectivity index (χ1v) is 7.32. The summed E-state index contributed by atoms with van der Waals surface area (Å²) in [5.74, 6) is -3.05. The van der Waals surface area contributed by atoms with Crippen LogP contribution in [0, 0.1) is 11.6 Å². The van der Waals surface area contributed by atoms with E-state index in [1.54, 1.807) is 0 Å². The van der Waals surface area contributed by atoms with E-state index in [9.17, 15) is 13.2 Å². The number of nitrogen functional groups attached to an aromatic ring is 1. The molecule has 0 saturated carbocycles. The van der Waals surface area contributed by atoms with Crippen LogP contribution in [0.4, 0.5) is 24.5 Å². The van der Waals surface area contributed by atoms with Gasteiger partial charge >= 0.3 is 0 Å². The second-order valence-electron chi connectivity index (χ2n) is 3.81. The lowest BCUT2D eigenvalue weighted by Crippen LogP contribution is -2.08. The number of halogens is 4. The van der Waals surface area contributed by atoms with Crippen molar-refractivity contribution in [3.63, 3.8) is 0 Å². The highest BCUT2D eigenvalue weighted by atomic mass is 127. The van der Waals surface area contributed by atoms with Crippen LogP contribution < -0.4 is 15.8 Å². The monoisotopic (exact) mass is 410 g/mol. The van der Waals surface area contributed by atoms with Gasteiger partial charge < -0.3 is 15.8 Å². The molecule has 0 saturated heterocycles. The van der Waals surface area contributed by atoms with E-state index in [0.29, 0.717) is 4.43 Å². The molecule has 0 amide bonds. The molecule has 0 unspecified atom stereocenters. The minimum atomic E-state index is -1.22. The number of allylic oxidation sites excluding steroid dienone is 4. The number of methoxy groups -OCH3 is 1. The van der Waals surface area contributed by atoms with Crippen LogP contribution in [-0.2, 0) is 0 Å². The lowest BCUT2D eigenvalue weighted by Gasteiger charge is -2.15. The second-order valence-corrected chi connectivity index (χ2v) is 4.69. The van der Waals surface area contributed by atoms with Gasteiger partial charge in [0.2, 0.25) is 0 Å². The van der Waals surface area contributed by atoms with Gasteiger partial charge in [0, 0.05) is 10.5 Å². The van der Waals surface area contributed by atoms with Crippen molar-refractivity contribution in [2.75, 3.05) is 22.6 Å². The van der Waals surface area contributed by atoms with Crippen LogP contribution in [0.25, 0.3) is 0 Å². The number of hydrogen-bond acceptors (Lipinski definition) is 3. The summed E-state index contributed by atoms with van der Waals surface area (Å²) < 4.78 is 46.5. The number of ether oxygens (including phenoxy) is 1. The molecule has 0 radical (unpaired) electrons. The third-order valence-corrected chi connectivity index (χ3v) is 2.94. The lowest BCUT2D eigenvalue weighted by molar-refractivity contribution is 0.409. The average molecular weight is 410 g/mol. The van der Waals surface area contributed by atoms with Gasteiger partial charge in [-0.1, -0.05) is 35.2 Å². The Balaban J connectivity index is 3.33. The van der Waals surface area contributed by atoms with E-state index < -0.39 is 23.1 Å². The van der Waals surface area contributed by atoms with Gasteiger partial charge in [0.25, 0.3) is 0 Å². The van der Waals surface area contributed by atoms with Crippen LogP contribution in [0.15, 0.2) is 42.4 Å². The Morgan fingerprint density at radius 3 is 2.71 bits per heavy atom. The van der Waals surface area contributed by atoms with Crippen molar-refractivity contribution in [1.82, 2.24) is 0 Å². The van der Waals surface area contributed by atoms with E-state index in [0.717, 1.165) is 6.07 Å². The second kappa shape index (κ2) is 7.96. The first-order valence-electron chi connectivity index (χ1n) is 5.79. The standard InChI is InChI=1S/C14H14F3IN2O/c1-3-4-10(8(15)5-6-18)20-14-12(17)9(16)7-11(21-2)13(14)19/h3-5,7,20H,1,6,19H2,2H3/b8-5+,10-4+. The van der Waals surface area contributed by atoms with Crippen LogP contribution in [0.1, 0.15) is 0 Å². The number of benzene rings is 1. The van der Waals surface area contributed by atoms with Crippen LogP contribution in [0.2, 0.25) is 0 Å². The normalized spacial score (nSPS) is 12.2. The number of anilines is 2. The highest BCUT2D eigenvalue weighted by Crippen LogP contribution is 2.35. The molecule has 1 aromatic carbocycles. The number of alkyl halides is 1. The molecular weight excluding hydrogens is 396 g/mol. The first-order chi connectivity index (χ1) is 9.96. The van der Waals surface area contributed by atoms with Crippen molar-refractivity contribution in [2.24, 2.45) is 0 Å². The molecule has 7 heteroatoms. The quantitative estimate of drug-likeness (QED) is 0.318. The van der Waals surface area contributed by atoms with Gasteiger partial charge in [0.05, 0.1) is 12.8 Å². The summed E-state index contributed by atoms with van der Waals surface area (Å²) in [6.07, 6.45) is 3.87. The first kappa shape index (κ1) is 17.4. The molecular formula is C14H14F3IN2O. The van der Waals surface area contributed by atoms with Gasteiger partial charge in [0.1, 0.15) is 23.0 Å². The summed E-state index contributed by atoms with van der Waals surface area (Å²) in [4.78, 5) is 0. The predicted octanol–water partition coefficient (Wildman–Crippen LogP) is 4.33. The van der Waals surface area contributed by atoms with Crippen molar-refractivity contribution in [3.05, 3.63) is 54.0 Å². The maximum absolute atomic E-state index is 13.9. The average Bonchev–Trinajstić information content (AvgIpc) is 2.46. The summed E-state index contributed by atoms with van der Waals surface area (Å²) in [7, 11) is 1.27. The van der Waals surface area contributed by atoms with E-state index in [4.69, 9.17) is 10.5 Å². The van der Waals surface area contributed by atoms with Gasteiger partial charge in [-0.2, -0.15) is 0 Å². The molecule has 1 rings (SSSR count). The number of hydrogen-bond donors (Lipinski definition) is 2. The van der Waals surface area contributed by atoms with E-state index in [-0.39, 0.29) is 17.1 Å². The molecule has 0 aliphatic carbocycles. The zero-order chi connectivity index (χ0) is 16.0. The molecule has 3 nitrogen and oxygen atoms in total. The predicted molar refractivity (Wildman–Crippen MR) is 87.3 cm³/mol. The largest absolute Gasteiger partial charge is 0.494 e. The Labute approximate surface area is 134 Å². The highest BCUT2D eigenvalue weighted by Gasteiger charge is 2.19. The third kappa shape index (κ3) is 4.16. The Bertz CT molecular complexity index is 600. The molecule has 114 valence electrons. The molecule has 1 aromatic rings. The minimum absolute atomic E-state index is 0.0485. The molecule has 0 atom stereocenters. The van der Waals surface area contributed by atoms with Gasteiger partial charge in [0.15, 0.2) is 11.6 Å². The highest BCUT2D eigenvalue weighted by molar-refractivity contribution is 14.1. The van der Waals surface area contributed by atoms with Gasteiger partial charge in [-0.25, -0.2) is 13.2 Å². The zero-order valence-electron chi connectivity index (χ0n) is 11.2. The fourth-order valence-electron chi connectivity index (χ4n) is 1.52. The Morgan fingerprint density at radius 1 is 1.52 bits per heavy atom. The lowest BCUT2D eigenvalue weighted by atomic mass is 10.2. The van der Waals surface area contributed by atoms with Crippen molar-refractivity contribution >= 4 is 34.0 Å². The summed E-state index contributed by atoms with van der Waals surface area (Å²) in [6.45, 7) is 3.44. The van der Waals surface area contributed by atoms with Gasteiger partial charge in [-0.15, -0.1) is 0 Å². The van der Waals surface area contributed by atoms with Crippen LogP contribution >= 0.6 is 22.6 Å². The van der Waals surface area contributed by atoms with Gasteiger partial charge in [-0.05, 0) is 12.2 Å². The summed E-state index contributed by atoms with van der Waals surface area (Å²) in [5, 5.41) is 2.44. The Kier molecular flexibility index (Phi) is 6.60. The van der Waals surface area contributed by atoms with E-state index in [2.05, 4.69) is 11.9 Å². The van der Waals surface area contributed by atoms with Gasteiger partial charge in [-0.3, -0.25) is 0 Å². The Hall–Kier alpha value is -1.64. The minimum Gasteiger partial charge on any atom is -0.494 e. The van der Waals surface area contributed by atoms with E-state index in [1.165, 1.54) is 25.3 Å². The number of nitrogens with one attached hydrogen (secondary N) is 1. The molecule has 0 bridgehead atoms. The summed E-state index contributed by atoms with van der Waals surface area (Å²) in [6, 6.07) is 0.823. The van der Waals surface area contributed by atoms with Crippen molar-refractivity contribution in [2.45, 2.75) is 0 Å². The van der Waals surface area contributed by atoms with Crippen LogP contribution in [-0.4, -0.2) is 11.5 Å². The zero-order valence-corrected chi connectivity index (χ0v) is 13.4. The molecule has 0 heterocycles. The summed E-state index contributed by atoms with van der Waals surface area (Å²) in [5.41, 5.74) is 5.06. The molecule has 0 aliphatic rings. The van der Waals surface area contributed by atoms with Crippen molar-refractivity contribution in [3.8, 4) is 5.75 Å². The summed E-state index contributed by atoms with van der Waals surface area (Å²) >= 11 is 1.95. The van der Waals surface area contributed by atoms with Crippen LogP contribution in [0.5, 0.6) is 5.75 Å². The molecule has 0 aliphatic heterocycles. The SMILES string of the molecule is C=C/C=C(Nc1c(N)c(OC)cc(F)c1F)\C(F)=C/CI. The topological polar surface area (TPSA) is 47.3 Å². The molecule has 0 fully saturated rings. The fourth-order valence-corrected chi connectivity index (χ4v) is 1.91. The van der Waals surface area contributed by atoms with Crippen molar-refractivity contribution in [1.29, 1.82) is 0 Å². The van der Waals surface area contributed by atoms with E-state index >= 15 is 0 Å². The maximum Gasteiger partial charge on any atom is 0.184 e. The number of nitrogens with two attached hydrogens (primary N) is 1. The maximum atomic E-state index is 13.9. The molecule has 0 spiro atoms. The van der Waals surface area contributed by atoms with Crippen LogP contribution in [0.3, 0.4) is 0 Å². The smallest absolute Gasteiger partial charge is 0.184 e.